The van der Waals surface area contributed by atoms with Crippen molar-refractivity contribution in [2.45, 2.75) is 33.6 Å². The largest absolute Gasteiger partial charge is 0.373 e. The number of aromatic nitrogens is 2. The number of hydrogen-bond donors (Lipinski definition) is 1. The Kier molecular flexibility index (Phi) is 4.15. The number of anilines is 1. The average Bonchev–Trinajstić information content (AvgIpc) is 2.42. The summed E-state index contributed by atoms with van der Waals surface area (Å²) in [4.78, 5) is 9.28. The van der Waals surface area contributed by atoms with Crippen molar-refractivity contribution in [2.24, 2.45) is 0 Å². The summed E-state index contributed by atoms with van der Waals surface area (Å²) in [7, 11) is 1.89. The fraction of sp³-hybridized carbons (Fsp3) is 0.375. The molecule has 100 valence electrons. The van der Waals surface area contributed by atoms with Gasteiger partial charge in [-0.05, 0) is 31.4 Å². The third kappa shape index (κ3) is 2.92. The molecule has 19 heavy (non-hydrogen) atoms. The zero-order valence-electron chi connectivity index (χ0n) is 12.1. The number of nitrogens with zero attached hydrogens (tertiary/aromatic N) is 2. The van der Waals surface area contributed by atoms with Gasteiger partial charge < -0.3 is 5.32 Å². The quantitative estimate of drug-likeness (QED) is 0.904. The van der Waals surface area contributed by atoms with E-state index in [1.807, 2.05) is 13.1 Å². The molecule has 0 fully saturated rings. The highest BCUT2D eigenvalue weighted by molar-refractivity contribution is 5.63. The summed E-state index contributed by atoms with van der Waals surface area (Å²) in [5.74, 6) is 1.70. The smallest absolute Gasteiger partial charge is 0.162 e. The summed E-state index contributed by atoms with van der Waals surface area (Å²) in [6.07, 6.45) is 2.07. The van der Waals surface area contributed by atoms with Crippen molar-refractivity contribution in [1.82, 2.24) is 9.97 Å². The second kappa shape index (κ2) is 5.83. The molecule has 1 aromatic heterocycles. The van der Waals surface area contributed by atoms with Crippen LogP contribution in [0.2, 0.25) is 0 Å². The lowest BCUT2D eigenvalue weighted by molar-refractivity contribution is 0.875. The zero-order valence-corrected chi connectivity index (χ0v) is 12.1. The van der Waals surface area contributed by atoms with Gasteiger partial charge in [-0.25, -0.2) is 9.97 Å². The number of rotatable bonds is 4. The van der Waals surface area contributed by atoms with E-state index in [1.54, 1.807) is 0 Å². The first-order valence-corrected chi connectivity index (χ1v) is 6.78. The first-order chi connectivity index (χ1) is 9.15. The normalized spacial score (nSPS) is 10.5. The Balaban J connectivity index is 2.54. The summed E-state index contributed by atoms with van der Waals surface area (Å²) < 4.78 is 0. The third-order valence-electron chi connectivity index (χ3n) is 3.39. The Morgan fingerprint density at radius 1 is 1.16 bits per heavy atom. The Labute approximate surface area is 115 Å². The minimum atomic E-state index is 0.816. The molecule has 0 aliphatic heterocycles. The van der Waals surface area contributed by atoms with Gasteiger partial charge in [-0.15, -0.1) is 0 Å². The molecule has 0 bridgehead atoms. The highest BCUT2D eigenvalue weighted by Gasteiger charge is 2.09. The van der Waals surface area contributed by atoms with Crippen LogP contribution in [0.25, 0.3) is 11.4 Å². The van der Waals surface area contributed by atoms with Crippen molar-refractivity contribution in [3.63, 3.8) is 0 Å². The second-order valence-corrected chi connectivity index (χ2v) is 4.82. The van der Waals surface area contributed by atoms with Gasteiger partial charge >= 0.3 is 0 Å². The molecule has 0 aliphatic carbocycles. The standard InChI is InChI=1S/C16H21N3/c1-5-7-13-10-15(17-4)19-16(18-13)14-9-6-8-11(2)12(14)3/h6,8-10H,5,7H2,1-4H3,(H,17,18,19). The third-order valence-corrected chi connectivity index (χ3v) is 3.39. The van der Waals surface area contributed by atoms with Crippen LogP contribution in [0.3, 0.4) is 0 Å². The molecule has 0 unspecified atom stereocenters. The number of nitrogens with one attached hydrogen (secondary N) is 1. The van der Waals surface area contributed by atoms with Gasteiger partial charge in [0.1, 0.15) is 5.82 Å². The first kappa shape index (κ1) is 13.5. The van der Waals surface area contributed by atoms with Crippen LogP contribution < -0.4 is 5.32 Å². The lowest BCUT2D eigenvalue weighted by atomic mass is 10.0. The van der Waals surface area contributed by atoms with E-state index in [0.29, 0.717) is 0 Å². The molecule has 3 heteroatoms. The second-order valence-electron chi connectivity index (χ2n) is 4.82. The zero-order chi connectivity index (χ0) is 13.8. The van der Waals surface area contributed by atoms with Gasteiger partial charge in [0.15, 0.2) is 5.82 Å². The predicted molar refractivity (Wildman–Crippen MR) is 80.5 cm³/mol. The van der Waals surface area contributed by atoms with Crippen LogP contribution in [0, 0.1) is 13.8 Å². The van der Waals surface area contributed by atoms with Crippen molar-refractivity contribution in [3.05, 3.63) is 41.1 Å². The molecule has 0 atom stereocenters. The lowest BCUT2D eigenvalue weighted by Crippen LogP contribution is -2.02. The molecular formula is C16H21N3. The molecule has 1 aromatic carbocycles. The summed E-state index contributed by atoms with van der Waals surface area (Å²) in [6.45, 7) is 6.41. The van der Waals surface area contributed by atoms with E-state index >= 15 is 0 Å². The maximum Gasteiger partial charge on any atom is 0.162 e. The van der Waals surface area contributed by atoms with Crippen LogP contribution in [0.4, 0.5) is 5.82 Å². The molecule has 2 aromatic rings. The van der Waals surface area contributed by atoms with E-state index in [0.717, 1.165) is 35.7 Å². The Morgan fingerprint density at radius 2 is 1.95 bits per heavy atom. The topological polar surface area (TPSA) is 37.8 Å². The van der Waals surface area contributed by atoms with Crippen molar-refractivity contribution in [2.75, 3.05) is 12.4 Å². The molecule has 0 spiro atoms. The monoisotopic (exact) mass is 255 g/mol. The van der Waals surface area contributed by atoms with Gasteiger partial charge in [-0.2, -0.15) is 0 Å². The molecule has 0 aliphatic rings. The summed E-state index contributed by atoms with van der Waals surface area (Å²) in [6, 6.07) is 8.30. The number of hydrogen-bond acceptors (Lipinski definition) is 3. The Morgan fingerprint density at radius 3 is 2.63 bits per heavy atom. The van der Waals surface area contributed by atoms with E-state index < -0.39 is 0 Å². The van der Waals surface area contributed by atoms with Gasteiger partial charge in [0.25, 0.3) is 0 Å². The molecular weight excluding hydrogens is 234 g/mol. The molecule has 1 N–H and O–H groups in total. The fourth-order valence-electron chi connectivity index (χ4n) is 2.12. The SMILES string of the molecule is CCCc1cc(NC)nc(-c2cccc(C)c2C)n1. The maximum absolute atomic E-state index is 4.69. The summed E-state index contributed by atoms with van der Waals surface area (Å²) >= 11 is 0. The minimum Gasteiger partial charge on any atom is -0.373 e. The fourth-order valence-corrected chi connectivity index (χ4v) is 2.12. The van der Waals surface area contributed by atoms with Crippen LogP contribution in [0.5, 0.6) is 0 Å². The molecule has 0 saturated carbocycles. The van der Waals surface area contributed by atoms with E-state index in [9.17, 15) is 0 Å². The van der Waals surface area contributed by atoms with Crippen LogP contribution in [0.15, 0.2) is 24.3 Å². The van der Waals surface area contributed by atoms with E-state index in [-0.39, 0.29) is 0 Å². The van der Waals surface area contributed by atoms with Gasteiger partial charge in [0, 0.05) is 24.4 Å². The molecule has 0 saturated heterocycles. The molecule has 0 amide bonds. The highest BCUT2D eigenvalue weighted by atomic mass is 15.0. The van der Waals surface area contributed by atoms with Crippen LogP contribution in [-0.4, -0.2) is 17.0 Å². The van der Waals surface area contributed by atoms with E-state index in [2.05, 4.69) is 49.3 Å². The molecule has 3 nitrogen and oxygen atoms in total. The number of benzene rings is 1. The summed E-state index contributed by atoms with van der Waals surface area (Å²) in [5, 5.41) is 3.12. The van der Waals surface area contributed by atoms with E-state index in [4.69, 9.17) is 4.98 Å². The Bertz CT molecular complexity index is 576. The van der Waals surface area contributed by atoms with Gasteiger partial charge in [-0.1, -0.05) is 31.5 Å². The van der Waals surface area contributed by atoms with Gasteiger partial charge in [0.2, 0.25) is 0 Å². The number of aryl methyl sites for hydroxylation is 2. The van der Waals surface area contributed by atoms with Gasteiger partial charge in [0.05, 0.1) is 0 Å². The van der Waals surface area contributed by atoms with Gasteiger partial charge in [-0.3, -0.25) is 0 Å². The van der Waals surface area contributed by atoms with Crippen molar-refractivity contribution in [3.8, 4) is 11.4 Å². The van der Waals surface area contributed by atoms with Crippen LogP contribution >= 0.6 is 0 Å². The average molecular weight is 255 g/mol. The predicted octanol–water partition coefficient (Wildman–Crippen LogP) is 3.75. The lowest BCUT2D eigenvalue weighted by Gasteiger charge is -2.10. The molecule has 1 heterocycles. The molecule has 0 radical (unpaired) electrons. The van der Waals surface area contributed by atoms with Crippen molar-refractivity contribution < 1.29 is 0 Å². The molecule has 2 rings (SSSR count). The van der Waals surface area contributed by atoms with Crippen molar-refractivity contribution >= 4 is 5.82 Å². The first-order valence-electron chi connectivity index (χ1n) is 6.78. The van der Waals surface area contributed by atoms with Crippen molar-refractivity contribution in [1.29, 1.82) is 0 Å². The van der Waals surface area contributed by atoms with Crippen LogP contribution in [0.1, 0.15) is 30.2 Å². The van der Waals surface area contributed by atoms with Crippen LogP contribution in [-0.2, 0) is 6.42 Å². The summed E-state index contributed by atoms with van der Waals surface area (Å²) in [5.41, 5.74) is 4.73. The maximum atomic E-state index is 4.69. The Hall–Kier alpha value is -1.90. The van der Waals surface area contributed by atoms with E-state index in [1.165, 1.54) is 11.1 Å². The highest BCUT2D eigenvalue weighted by Crippen LogP contribution is 2.24. The minimum absolute atomic E-state index is 0.816.